The number of hydrogen-bond acceptors (Lipinski definition) is 5. The van der Waals surface area contributed by atoms with Crippen molar-refractivity contribution in [3.05, 3.63) is 0 Å². The number of esters is 1. The molecule has 15 heavy (non-hydrogen) atoms. The Labute approximate surface area is 88.8 Å². The van der Waals surface area contributed by atoms with Gasteiger partial charge in [0.15, 0.2) is 0 Å². The Hall–Kier alpha value is -1.52. The van der Waals surface area contributed by atoms with Crippen LogP contribution in [0.15, 0.2) is 0 Å². The van der Waals surface area contributed by atoms with E-state index in [1.165, 1.54) is 27.9 Å². The van der Waals surface area contributed by atoms with Crippen LogP contribution in [0.4, 0.5) is 0 Å². The third-order valence-electron chi connectivity index (χ3n) is 1.12. The van der Waals surface area contributed by atoms with Crippen molar-refractivity contribution < 1.29 is 23.9 Å². The van der Waals surface area contributed by atoms with Gasteiger partial charge in [0.05, 0.1) is 13.5 Å². The van der Waals surface area contributed by atoms with Gasteiger partial charge in [-0.25, -0.2) is 0 Å². The highest BCUT2D eigenvalue weighted by atomic mass is 16.5. The van der Waals surface area contributed by atoms with E-state index in [4.69, 9.17) is 0 Å². The fourth-order valence-corrected chi connectivity index (χ4v) is 0.626. The molecular formula is C10H16O5. The molecule has 0 spiro atoms. The highest BCUT2D eigenvalue weighted by Gasteiger charge is 2.01. The second-order valence-corrected chi connectivity index (χ2v) is 3.04. The Balaban J connectivity index is 0. The van der Waals surface area contributed by atoms with Crippen molar-refractivity contribution in [2.45, 2.75) is 33.6 Å². The van der Waals surface area contributed by atoms with Crippen molar-refractivity contribution in [2.24, 2.45) is 0 Å². The Bertz CT molecular complexity index is 243. The summed E-state index contributed by atoms with van der Waals surface area (Å²) in [5.74, 6) is -0.769. The Morgan fingerprint density at radius 3 is 1.20 bits per heavy atom. The van der Waals surface area contributed by atoms with Crippen molar-refractivity contribution >= 4 is 23.3 Å². The van der Waals surface area contributed by atoms with E-state index < -0.39 is 5.97 Å². The van der Waals surface area contributed by atoms with Crippen LogP contribution < -0.4 is 0 Å². The molecule has 0 rings (SSSR count). The number of methoxy groups -OCH3 is 1. The quantitative estimate of drug-likeness (QED) is 0.510. The molecule has 0 aromatic rings. The molecule has 0 aromatic heterocycles. The van der Waals surface area contributed by atoms with Crippen LogP contribution in [0.1, 0.15) is 33.6 Å². The van der Waals surface area contributed by atoms with Crippen LogP contribution in [0, 0.1) is 0 Å². The predicted molar refractivity (Wildman–Crippen MR) is 53.3 cm³/mol. The SMILES string of the molecule is CC(=O)CC(C)=O.COC(=O)CC(C)=O. The molecule has 0 atom stereocenters. The summed E-state index contributed by atoms with van der Waals surface area (Å²) in [6, 6.07) is 0. The van der Waals surface area contributed by atoms with E-state index in [1.807, 2.05) is 0 Å². The van der Waals surface area contributed by atoms with Gasteiger partial charge in [0.2, 0.25) is 0 Å². The summed E-state index contributed by atoms with van der Waals surface area (Å²) in [5, 5.41) is 0. The van der Waals surface area contributed by atoms with E-state index in [0.717, 1.165) is 0 Å². The molecule has 0 aliphatic carbocycles. The first kappa shape index (κ1) is 15.9. The average molecular weight is 216 g/mol. The van der Waals surface area contributed by atoms with Gasteiger partial charge in [-0.2, -0.15) is 0 Å². The molecule has 0 aliphatic rings. The van der Waals surface area contributed by atoms with E-state index in [-0.39, 0.29) is 30.2 Å². The summed E-state index contributed by atoms with van der Waals surface area (Å²) >= 11 is 0. The van der Waals surface area contributed by atoms with Crippen LogP contribution in [0.5, 0.6) is 0 Å². The number of rotatable bonds is 4. The minimum absolute atomic E-state index is 0.0625. The molecule has 0 saturated heterocycles. The molecule has 5 nitrogen and oxygen atoms in total. The zero-order valence-electron chi connectivity index (χ0n) is 9.46. The lowest BCUT2D eigenvalue weighted by atomic mass is 10.2. The molecule has 0 fully saturated rings. The second-order valence-electron chi connectivity index (χ2n) is 3.04. The van der Waals surface area contributed by atoms with Crippen molar-refractivity contribution in [1.82, 2.24) is 0 Å². The number of carbonyl (C=O) groups excluding carboxylic acids is 4. The standard InChI is InChI=1S/C5H8O3.C5H8O2/c1-4(6)3-5(7)8-2;1-4(6)3-5(2)7/h3H2,1-2H3;3H2,1-2H3. The van der Waals surface area contributed by atoms with Crippen molar-refractivity contribution in [3.8, 4) is 0 Å². The van der Waals surface area contributed by atoms with Gasteiger partial charge < -0.3 is 4.74 Å². The molecule has 0 N–H and O–H groups in total. The first-order valence-corrected chi connectivity index (χ1v) is 4.34. The summed E-state index contributed by atoms with van der Waals surface area (Å²) in [4.78, 5) is 40.4. The monoisotopic (exact) mass is 216 g/mol. The third kappa shape index (κ3) is 19.1. The van der Waals surface area contributed by atoms with Gasteiger partial charge in [0, 0.05) is 0 Å². The molecule has 0 saturated carbocycles. The van der Waals surface area contributed by atoms with Gasteiger partial charge in [0.25, 0.3) is 0 Å². The fourth-order valence-electron chi connectivity index (χ4n) is 0.626. The smallest absolute Gasteiger partial charge is 0.313 e. The Morgan fingerprint density at radius 2 is 1.13 bits per heavy atom. The summed E-state index contributed by atoms with van der Waals surface area (Å²) in [5.41, 5.74) is 0. The topological polar surface area (TPSA) is 77.5 Å². The lowest BCUT2D eigenvalue weighted by Crippen LogP contribution is -2.05. The van der Waals surface area contributed by atoms with Crippen LogP contribution in [-0.4, -0.2) is 30.4 Å². The number of ketones is 3. The maximum atomic E-state index is 10.2. The molecule has 0 aromatic carbocycles. The predicted octanol–water partition coefficient (Wildman–Crippen LogP) is 0.693. The summed E-state index contributed by atoms with van der Waals surface area (Å²) in [7, 11) is 1.26. The van der Waals surface area contributed by atoms with Crippen molar-refractivity contribution in [1.29, 1.82) is 0 Å². The van der Waals surface area contributed by atoms with E-state index in [0.29, 0.717) is 0 Å². The second kappa shape index (κ2) is 9.05. The first-order chi connectivity index (χ1) is 6.79. The normalized spacial score (nSPS) is 8.27. The van der Waals surface area contributed by atoms with Crippen molar-refractivity contribution in [2.75, 3.05) is 7.11 Å². The first-order valence-electron chi connectivity index (χ1n) is 4.34. The number of carbonyl (C=O) groups is 4. The molecule has 86 valence electrons. The van der Waals surface area contributed by atoms with Crippen molar-refractivity contribution in [3.63, 3.8) is 0 Å². The van der Waals surface area contributed by atoms with Gasteiger partial charge in [0.1, 0.15) is 23.8 Å². The Morgan fingerprint density at radius 1 is 0.800 bits per heavy atom. The lowest BCUT2D eigenvalue weighted by molar-refractivity contribution is -0.143. The van der Waals surface area contributed by atoms with Gasteiger partial charge in [-0.3, -0.25) is 19.2 Å². The van der Waals surface area contributed by atoms with E-state index in [2.05, 4.69) is 4.74 Å². The molecule has 0 amide bonds. The van der Waals surface area contributed by atoms with E-state index in [1.54, 1.807) is 0 Å². The van der Waals surface area contributed by atoms with Crippen LogP contribution in [0.2, 0.25) is 0 Å². The van der Waals surface area contributed by atoms with E-state index >= 15 is 0 Å². The van der Waals surface area contributed by atoms with E-state index in [9.17, 15) is 19.2 Å². The largest absolute Gasteiger partial charge is 0.469 e. The number of Topliss-reactive ketones (excluding diaryl/α,β-unsaturated/α-hetero) is 3. The summed E-state index contributed by atoms with van der Waals surface area (Å²) in [6.45, 7) is 4.15. The maximum Gasteiger partial charge on any atom is 0.313 e. The average Bonchev–Trinajstić information content (AvgIpc) is 2.01. The van der Waals surface area contributed by atoms with Crippen LogP contribution in [-0.2, 0) is 23.9 Å². The molecule has 0 bridgehead atoms. The highest BCUT2D eigenvalue weighted by Crippen LogP contribution is 1.83. The molecule has 5 heteroatoms. The minimum atomic E-state index is -0.475. The molecule has 0 unspecified atom stereocenters. The van der Waals surface area contributed by atoms with Gasteiger partial charge >= 0.3 is 5.97 Å². The molecule has 0 heterocycles. The fraction of sp³-hybridized carbons (Fsp3) is 0.600. The maximum absolute atomic E-state index is 10.2. The summed E-state index contributed by atoms with van der Waals surface area (Å²) < 4.78 is 4.20. The minimum Gasteiger partial charge on any atom is -0.469 e. The van der Waals surface area contributed by atoms with Gasteiger partial charge in [-0.05, 0) is 20.8 Å². The lowest BCUT2D eigenvalue weighted by Gasteiger charge is -1.90. The van der Waals surface area contributed by atoms with Crippen LogP contribution >= 0.6 is 0 Å². The molecule has 0 radical (unpaired) electrons. The van der Waals surface area contributed by atoms with Crippen LogP contribution in [0.3, 0.4) is 0 Å². The number of hydrogen-bond donors (Lipinski definition) is 0. The van der Waals surface area contributed by atoms with Gasteiger partial charge in [-0.1, -0.05) is 0 Å². The third-order valence-corrected chi connectivity index (χ3v) is 1.12. The molecular weight excluding hydrogens is 200 g/mol. The number of ether oxygens (including phenoxy) is 1. The van der Waals surface area contributed by atoms with Crippen LogP contribution in [0.25, 0.3) is 0 Å². The van der Waals surface area contributed by atoms with Gasteiger partial charge in [-0.15, -0.1) is 0 Å². The zero-order chi connectivity index (χ0) is 12.4. The molecule has 0 aliphatic heterocycles. The Kier molecular flexibility index (Phi) is 9.61. The highest BCUT2D eigenvalue weighted by molar-refractivity contribution is 5.96. The summed E-state index contributed by atoms with van der Waals surface area (Å²) in [6.07, 6.45) is -0.0313. The zero-order valence-corrected chi connectivity index (χ0v) is 9.46.